The van der Waals surface area contributed by atoms with Gasteiger partial charge in [-0.15, -0.1) is 0 Å². The molecule has 22 heavy (non-hydrogen) atoms. The van der Waals surface area contributed by atoms with Crippen LogP contribution in [0.5, 0.6) is 0 Å². The molecule has 0 bridgehead atoms. The van der Waals surface area contributed by atoms with E-state index in [4.69, 9.17) is 22.1 Å². The second-order valence-electron chi connectivity index (χ2n) is 5.67. The van der Waals surface area contributed by atoms with Crippen molar-refractivity contribution in [1.82, 2.24) is 5.32 Å². The second kappa shape index (κ2) is 7.61. The van der Waals surface area contributed by atoms with E-state index in [0.29, 0.717) is 24.4 Å². The molecule has 2 amide bonds. The number of carbonyl (C=O) groups excluding carboxylic acids is 2. The van der Waals surface area contributed by atoms with Crippen LogP contribution in [0.4, 0.5) is 0 Å². The van der Waals surface area contributed by atoms with Crippen LogP contribution in [0.3, 0.4) is 0 Å². The third kappa shape index (κ3) is 4.45. The summed E-state index contributed by atoms with van der Waals surface area (Å²) in [7, 11) is 0. The molecule has 0 spiro atoms. The first kappa shape index (κ1) is 16.8. The molecule has 0 saturated carbocycles. The minimum absolute atomic E-state index is 0.0500. The Morgan fingerprint density at radius 3 is 2.77 bits per heavy atom. The number of primary amides is 1. The number of benzene rings is 1. The molecule has 1 fully saturated rings. The Morgan fingerprint density at radius 2 is 2.14 bits per heavy atom. The smallest absolute Gasteiger partial charge is 0.246 e. The van der Waals surface area contributed by atoms with Crippen LogP contribution < -0.4 is 11.1 Å². The van der Waals surface area contributed by atoms with Crippen molar-refractivity contribution in [2.45, 2.75) is 38.4 Å². The molecule has 0 aromatic heterocycles. The molecule has 1 aliphatic heterocycles. The molecule has 1 aliphatic rings. The fourth-order valence-corrected chi connectivity index (χ4v) is 2.75. The quantitative estimate of drug-likeness (QED) is 0.835. The van der Waals surface area contributed by atoms with Crippen molar-refractivity contribution < 1.29 is 14.3 Å². The van der Waals surface area contributed by atoms with Crippen molar-refractivity contribution in [1.29, 1.82) is 0 Å². The molecular weight excluding hydrogens is 304 g/mol. The molecule has 120 valence electrons. The lowest BCUT2D eigenvalue weighted by atomic mass is 10.0. The Morgan fingerprint density at radius 1 is 1.41 bits per heavy atom. The lowest BCUT2D eigenvalue weighted by Gasteiger charge is -2.16. The van der Waals surface area contributed by atoms with Gasteiger partial charge in [0.2, 0.25) is 11.8 Å². The van der Waals surface area contributed by atoms with Gasteiger partial charge in [0.1, 0.15) is 6.10 Å². The molecule has 5 nitrogen and oxygen atoms in total. The van der Waals surface area contributed by atoms with Crippen LogP contribution in [0.15, 0.2) is 24.3 Å². The monoisotopic (exact) mass is 324 g/mol. The molecular formula is C16H21ClN2O3. The van der Waals surface area contributed by atoms with E-state index in [1.54, 1.807) is 0 Å². The van der Waals surface area contributed by atoms with Gasteiger partial charge in [-0.25, -0.2) is 0 Å². The fraction of sp³-hybridized carbons (Fsp3) is 0.500. The molecule has 2 rings (SSSR count). The number of rotatable bonds is 6. The predicted octanol–water partition coefficient (Wildman–Crippen LogP) is 1.67. The molecule has 0 unspecified atom stereocenters. The first-order valence-electron chi connectivity index (χ1n) is 7.43. The van der Waals surface area contributed by atoms with Crippen molar-refractivity contribution >= 4 is 23.4 Å². The van der Waals surface area contributed by atoms with Gasteiger partial charge in [-0.1, -0.05) is 36.7 Å². The van der Waals surface area contributed by atoms with Gasteiger partial charge in [0.15, 0.2) is 0 Å². The predicted molar refractivity (Wildman–Crippen MR) is 84.4 cm³/mol. The van der Waals surface area contributed by atoms with Gasteiger partial charge in [0.25, 0.3) is 0 Å². The molecule has 1 saturated heterocycles. The highest BCUT2D eigenvalue weighted by Crippen LogP contribution is 2.20. The van der Waals surface area contributed by atoms with Gasteiger partial charge in [0, 0.05) is 17.5 Å². The van der Waals surface area contributed by atoms with Crippen LogP contribution in [-0.4, -0.2) is 30.6 Å². The number of hydrogen-bond acceptors (Lipinski definition) is 3. The Kier molecular flexibility index (Phi) is 5.80. The number of nitrogens with two attached hydrogens (primary N) is 1. The average Bonchev–Trinajstić information content (AvgIpc) is 2.96. The summed E-state index contributed by atoms with van der Waals surface area (Å²) < 4.78 is 5.48. The van der Waals surface area contributed by atoms with Crippen molar-refractivity contribution in [2.75, 3.05) is 6.54 Å². The molecule has 0 radical (unpaired) electrons. The zero-order valence-electron chi connectivity index (χ0n) is 12.5. The van der Waals surface area contributed by atoms with E-state index in [0.717, 1.165) is 12.0 Å². The number of nitrogens with one attached hydrogen (secondary N) is 1. The summed E-state index contributed by atoms with van der Waals surface area (Å²) in [5, 5.41) is 3.54. The van der Waals surface area contributed by atoms with E-state index >= 15 is 0 Å². The van der Waals surface area contributed by atoms with Crippen LogP contribution in [0.25, 0.3) is 0 Å². The topological polar surface area (TPSA) is 81.4 Å². The van der Waals surface area contributed by atoms with Crippen LogP contribution >= 0.6 is 11.6 Å². The SMILES string of the molecule is C[C@H](Cc1ccccc1Cl)C(=O)NC[C@@H]1CC[C@H](C(N)=O)O1. The lowest BCUT2D eigenvalue weighted by Crippen LogP contribution is -2.37. The number of carbonyl (C=O) groups is 2. The number of amides is 2. The summed E-state index contributed by atoms with van der Waals surface area (Å²) in [5.41, 5.74) is 6.16. The zero-order chi connectivity index (χ0) is 16.1. The first-order valence-corrected chi connectivity index (χ1v) is 7.81. The molecule has 1 aromatic carbocycles. The largest absolute Gasteiger partial charge is 0.367 e. The number of halogens is 1. The summed E-state index contributed by atoms with van der Waals surface area (Å²) in [6.07, 6.45) is 1.26. The standard InChI is InChI=1S/C16H21ClN2O3/c1-10(8-11-4-2-3-5-13(11)17)16(21)19-9-12-6-7-14(22-12)15(18)20/h2-5,10,12,14H,6-9H2,1H3,(H2,18,20)(H,19,21)/t10-,12+,14-/m1/s1. The van der Waals surface area contributed by atoms with E-state index in [1.807, 2.05) is 31.2 Å². The van der Waals surface area contributed by atoms with Gasteiger partial charge in [-0.3, -0.25) is 9.59 Å². The van der Waals surface area contributed by atoms with E-state index in [-0.39, 0.29) is 17.9 Å². The van der Waals surface area contributed by atoms with Gasteiger partial charge in [-0.2, -0.15) is 0 Å². The summed E-state index contributed by atoms with van der Waals surface area (Å²) in [4.78, 5) is 23.2. The van der Waals surface area contributed by atoms with Crippen LogP contribution in [0, 0.1) is 5.92 Å². The Labute approximate surface area is 135 Å². The molecule has 6 heteroatoms. The molecule has 1 aromatic rings. The highest BCUT2D eigenvalue weighted by molar-refractivity contribution is 6.31. The van der Waals surface area contributed by atoms with Crippen molar-refractivity contribution in [3.63, 3.8) is 0 Å². The lowest BCUT2D eigenvalue weighted by molar-refractivity contribution is -0.129. The van der Waals surface area contributed by atoms with Gasteiger partial charge in [-0.05, 0) is 30.9 Å². The number of hydrogen-bond donors (Lipinski definition) is 2. The van der Waals surface area contributed by atoms with Crippen molar-refractivity contribution in [2.24, 2.45) is 11.7 Å². The minimum Gasteiger partial charge on any atom is -0.367 e. The maximum absolute atomic E-state index is 12.1. The van der Waals surface area contributed by atoms with E-state index < -0.39 is 12.0 Å². The second-order valence-corrected chi connectivity index (χ2v) is 6.08. The fourth-order valence-electron chi connectivity index (χ4n) is 2.54. The van der Waals surface area contributed by atoms with Crippen LogP contribution in [0.2, 0.25) is 5.02 Å². The Balaban J connectivity index is 1.78. The Bertz CT molecular complexity index is 550. The molecule has 0 aliphatic carbocycles. The zero-order valence-corrected chi connectivity index (χ0v) is 13.3. The molecule has 3 atom stereocenters. The first-order chi connectivity index (χ1) is 10.5. The summed E-state index contributed by atoms with van der Waals surface area (Å²) >= 11 is 6.10. The molecule has 1 heterocycles. The van der Waals surface area contributed by atoms with Crippen molar-refractivity contribution in [3.8, 4) is 0 Å². The maximum Gasteiger partial charge on any atom is 0.246 e. The van der Waals surface area contributed by atoms with Crippen LogP contribution in [-0.2, 0) is 20.7 Å². The van der Waals surface area contributed by atoms with Gasteiger partial charge < -0.3 is 15.8 Å². The summed E-state index contributed by atoms with van der Waals surface area (Å²) in [5.74, 6) is -0.680. The third-order valence-corrected chi connectivity index (χ3v) is 4.23. The summed E-state index contributed by atoms with van der Waals surface area (Å²) in [6.45, 7) is 2.26. The summed E-state index contributed by atoms with van der Waals surface area (Å²) in [6, 6.07) is 7.51. The third-order valence-electron chi connectivity index (χ3n) is 3.86. The van der Waals surface area contributed by atoms with E-state index in [2.05, 4.69) is 5.32 Å². The van der Waals surface area contributed by atoms with Gasteiger partial charge in [0.05, 0.1) is 6.10 Å². The van der Waals surface area contributed by atoms with E-state index in [9.17, 15) is 9.59 Å². The number of ether oxygens (including phenoxy) is 1. The van der Waals surface area contributed by atoms with E-state index in [1.165, 1.54) is 0 Å². The minimum atomic E-state index is -0.526. The Hall–Kier alpha value is -1.59. The maximum atomic E-state index is 12.1. The highest BCUT2D eigenvalue weighted by Gasteiger charge is 2.29. The van der Waals surface area contributed by atoms with Gasteiger partial charge >= 0.3 is 0 Å². The highest BCUT2D eigenvalue weighted by atomic mass is 35.5. The van der Waals surface area contributed by atoms with Crippen molar-refractivity contribution in [3.05, 3.63) is 34.9 Å². The van der Waals surface area contributed by atoms with Crippen LogP contribution in [0.1, 0.15) is 25.3 Å². The normalized spacial score (nSPS) is 22.3. The average molecular weight is 325 g/mol. The molecule has 3 N–H and O–H groups in total.